The molecule has 1 aromatic rings. The zero-order chi connectivity index (χ0) is 13.2. The van der Waals surface area contributed by atoms with E-state index in [9.17, 15) is 4.79 Å². The summed E-state index contributed by atoms with van der Waals surface area (Å²) >= 11 is 0. The summed E-state index contributed by atoms with van der Waals surface area (Å²) in [5, 5.41) is 7.42. The molecule has 2 heterocycles. The van der Waals surface area contributed by atoms with E-state index in [1.165, 1.54) is 0 Å². The lowest BCUT2D eigenvalue weighted by Gasteiger charge is -2.40. The lowest BCUT2D eigenvalue weighted by atomic mass is 9.92. The number of nitrogens with one attached hydrogen (secondary N) is 1. The van der Waals surface area contributed by atoms with E-state index in [1.54, 1.807) is 10.9 Å². The van der Waals surface area contributed by atoms with Crippen molar-refractivity contribution in [2.24, 2.45) is 7.05 Å². The van der Waals surface area contributed by atoms with Crippen LogP contribution in [0.25, 0.3) is 0 Å². The quantitative estimate of drug-likeness (QED) is 0.830. The SMILES string of the molecule is Cn1cc(CC(=O)C(C)(C)N2CCNCC2)cn1. The molecule has 18 heavy (non-hydrogen) atoms. The van der Waals surface area contributed by atoms with Gasteiger partial charge in [0, 0.05) is 45.8 Å². The second-order valence-electron chi connectivity index (χ2n) is 5.42. The molecule has 0 radical (unpaired) electrons. The van der Waals surface area contributed by atoms with Crippen LogP contribution in [0, 0.1) is 0 Å². The van der Waals surface area contributed by atoms with Crippen LogP contribution in [0.15, 0.2) is 12.4 Å². The maximum absolute atomic E-state index is 12.4. The molecule has 0 saturated carbocycles. The average molecular weight is 250 g/mol. The Balaban J connectivity index is 2.02. The molecule has 5 heteroatoms. The highest BCUT2D eigenvalue weighted by Crippen LogP contribution is 2.18. The number of Topliss-reactive ketones (excluding diaryl/α,β-unsaturated/α-hetero) is 1. The van der Waals surface area contributed by atoms with Gasteiger partial charge in [-0.2, -0.15) is 5.10 Å². The van der Waals surface area contributed by atoms with Crippen molar-refractivity contribution in [2.75, 3.05) is 26.2 Å². The number of hydrogen-bond donors (Lipinski definition) is 1. The smallest absolute Gasteiger partial charge is 0.156 e. The molecule has 1 aromatic heterocycles. The van der Waals surface area contributed by atoms with Crippen molar-refractivity contribution in [3.05, 3.63) is 18.0 Å². The molecule has 1 aliphatic rings. The van der Waals surface area contributed by atoms with Crippen LogP contribution in [0.3, 0.4) is 0 Å². The molecule has 0 aliphatic carbocycles. The third kappa shape index (κ3) is 2.79. The van der Waals surface area contributed by atoms with Gasteiger partial charge in [0.15, 0.2) is 5.78 Å². The number of aromatic nitrogens is 2. The average Bonchev–Trinajstić information content (AvgIpc) is 2.76. The van der Waals surface area contributed by atoms with Gasteiger partial charge in [0.25, 0.3) is 0 Å². The Kier molecular flexibility index (Phi) is 3.82. The summed E-state index contributed by atoms with van der Waals surface area (Å²) in [5.74, 6) is 0.261. The molecular formula is C13H22N4O. The molecule has 5 nitrogen and oxygen atoms in total. The van der Waals surface area contributed by atoms with Crippen molar-refractivity contribution in [3.8, 4) is 0 Å². The Labute approximate surface area is 108 Å². The van der Waals surface area contributed by atoms with Gasteiger partial charge in [-0.15, -0.1) is 0 Å². The largest absolute Gasteiger partial charge is 0.314 e. The topological polar surface area (TPSA) is 50.2 Å². The van der Waals surface area contributed by atoms with Crippen molar-refractivity contribution in [1.82, 2.24) is 20.0 Å². The van der Waals surface area contributed by atoms with Gasteiger partial charge >= 0.3 is 0 Å². The summed E-state index contributed by atoms with van der Waals surface area (Å²) in [6.45, 7) is 7.85. The number of aryl methyl sites for hydroxylation is 1. The molecule has 1 N–H and O–H groups in total. The predicted molar refractivity (Wildman–Crippen MR) is 70.4 cm³/mol. The molecule has 0 bridgehead atoms. The Bertz CT molecular complexity index is 418. The third-order valence-corrected chi connectivity index (χ3v) is 3.71. The summed E-state index contributed by atoms with van der Waals surface area (Å²) in [6, 6.07) is 0. The second-order valence-corrected chi connectivity index (χ2v) is 5.42. The highest BCUT2D eigenvalue weighted by Gasteiger charge is 2.34. The van der Waals surface area contributed by atoms with E-state index in [-0.39, 0.29) is 5.78 Å². The molecule has 2 rings (SSSR count). The zero-order valence-electron chi connectivity index (χ0n) is 11.4. The molecular weight excluding hydrogens is 228 g/mol. The second kappa shape index (κ2) is 5.20. The summed E-state index contributed by atoms with van der Waals surface area (Å²) in [7, 11) is 1.87. The fraction of sp³-hybridized carbons (Fsp3) is 0.692. The van der Waals surface area contributed by atoms with Gasteiger partial charge in [0.1, 0.15) is 0 Å². The molecule has 100 valence electrons. The highest BCUT2D eigenvalue weighted by atomic mass is 16.1. The number of ketones is 1. The Morgan fingerprint density at radius 2 is 2.11 bits per heavy atom. The molecule has 1 aliphatic heterocycles. The van der Waals surface area contributed by atoms with Crippen molar-refractivity contribution in [1.29, 1.82) is 0 Å². The van der Waals surface area contributed by atoms with Crippen LogP contribution in [0.4, 0.5) is 0 Å². The normalized spacial score (nSPS) is 17.9. The summed E-state index contributed by atoms with van der Waals surface area (Å²) in [5.41, 5.74) is 0.600. The number of piperazine rings is 1. The van der Waals surface area contributed by atoms with Crippen LogP contribution in [-0.2, 0) is 18.3 Å². The molecule has 0 amide bonds. The van der Waals surface area contributed by atoms with Crippen LogP contribution >= 0.6 is 0 Å². The zero-order valence-corrected chi connectivity index (χ0v) is 11.4. The Morgan fingerprint density at radius 3 is 2.67 bits per heavy atom. The van der Waals surface area contributed by atoms with Crippen LogP contribution < -0.4 is 5.32 Å². The molecule has 0 unspecified atom stereocenters. The predicted octanol–water partition coefficient (Wildman–Crippen LogP) is 0.216. The monoisotopic (exact) mass is 250 g/mol. The van der Waals surface area contributed by atoms with E-state index < -0.39 is 5.54 Å². The highest BCUT2D eigenvalue weighted by molar-refractivity contribution is 5.89. The first kappa shape index (κ1) is 13.2. The van der Waals surface area contributed by atoms with E-state index in [2.05, 4.69) is 15.3 Å². The summed E-state index contributed by atoms with van der Waals surface area (Å²) in [4.78, 5) is 14.7. The number of carbonyl (C=O) groups excluding carboxylic acids is 1. The number of rotatable bonds is 4. The fourth-order valence-electron chi connectivity index (χ4n) is 2.37. The lowest BCUT2D eigenvalue weighted by molar-refractivity contribution is -0.129. The maximum atomic E-state index is 12.4. The van der Waals surface area contributed by atoms with Gasteiger partial charge in [-0.25, -0.2) is 0 Å². The van der Waals surface area contributed by atoms with Gasteiger partial charge in [0.2, 0.25) is 0 Å². The van der Waals surface area contributed by atoms with Gasteiger partial charge < -0.3 is 5.32 Å². The van der Waals surface area contributed by atoms with Gasteiger partial charge in [-0.1, -0.05) is 0 Å². The van der Waals surface area contributed by atoms with Gasteiger partial charge in [0.05, 0.1) is 11.7 Å². The number of nitrogens with zero attached hydrogens (tertiary/aromatic N) is 3. The molecule has 0 atom stereocenters. The van der Waals surface area contributed by atoms with Crippen molar-refractivity contribution < 1.29 is 4.79 Å². The summed E-state index contributed by atoms with van der Waals surface area (Å²) in [6.07, 6.45) is 4.14. The Hall–Kier alpha value is -1.20. The van der Waals surface area contributed by atoms with Gasteiger partial charge in [-0.05, 0) is 19.4 Å². The standard InChI is InChI=1S/C13H22N4O/c1-13(2,17-6-4-14-5-7-17)12(18)8-11-9-15-16(3)10-11/h9-10,14H,4-8H2,1-3H3. The van der Waals surface area contributed by atoms with Crippen LogP contribution in [0.1, 0.15) is 19.4 Å². The minimum absolute atomic E-state index is 0.261. The maximum Gasteiger partial charge on any atom is 0.156 e. The first-order chi connectivity index (χ1) is 8.50. The first-order valence-electron chi connectivity index (χ1n) is 6.47. The van der Waals surface area contributed by atoms with Crippen molar-refractivity contribution in [2.45, 2.75) is 25.8 Å². The Morgan fingerprint density at radius 1 is 1.44 bits per heavy atom. The molecule has 0 aromatic carbocycles. The molecule has 1 saturated heterocycles. The van der Waals surface area contributed by atoms with E-state index in [1.807, 2.05) is 27.1 Å². The van der Waals surface area contributed by atoms with Crippen LogP contribution in [0.5, 0.6) is 0 Å². The number of hydrogen-bond acceptors (Lipinski definition) is 4. The first-order valence-corrected chi connectivity index (χ1v) is 6.47. The van der Waals surface area contributed by atoms with Crippen LogP contribution in [0.2, 0.25) is 0 Å². The number of carbonyl (C=O) groups is 1. The van der Waals surface area contributed by atoms with E-state index in [0.717, 1.165) is 31.7 Å². The van der Waals surface area contributed by atoms with Crippen molar-refractivity contribution >= 4 is 5.78 Å². The minimum Gasteiger partial charge on any atom is -0.314 e. The van der Waals surface area contributed by atoms with E-state index in [4.69, 9.17) is 0 Å². The fourth-order valence-corrected chi connectivity index (χ4v) is 2.37. The van der Waals surface area contributed by atoms with Crippen LogP contribution in [-0.4, -0.2) is 52.2 Å². The molecule has 0 spiro atoms. The van der Waals surface area contributed by atoms with Gasteiger partial charge in [-0.3, -0.25) is 14.4 Å². The van der Waals surface area contributed by atoms with E-state index in [0.29, 0.717) is 6.42 Å². The van der Waals surface area contributed by atoms with Crippen molar-refractivity contribution in [3.63, 3.8) is 0 Å². The van der Waals surface area contributed by atoms with E-state index >= 15 is 0 Å². The summed E-state index contributed by atoms with van der Waals surface area (Å²) < 4.78 is 1.74. The lowest BCUT2D eigenvalue weighted by Crippen LogP contribution is -2.57. The minimum atomic E-state index is -0.391. The molecule has 1 fully saturated rings. The third-order valence-electron chi connectivity index (χ3n) is 3.71.